The zero-order chi connectivity index (χ0) is 16.4. The number of hydrazine groups is 1. The van der Waals surface area contributed by atoms with Crippen LogP contribution in [0.5, 0.6) is 5.75 Å². The van der Waals surface area contributed by atoms with Gasteiger partial charge in [-0.05, 0) is 47.9 Å². The zero-order valence-electron chi connectivity index (χ0n) is 12.6. The van der Waals surface area contributed by atoms with E-state index in [0.717, 1.165) is 12.0 Å². The summed E-state index contributed by atoms with van der Waals surface area (Å²) in [6.07, 6.45) is 2.42. The molecule has 1 heterocycles. The number of hydrogen-bond donors (Lipinski definition) is 2. The van der Waals surface area contributed by atoms with Crippen molar-refractivity contribution in [3.63, 3.8) is 0 Å². The van der Waals surface area contributed by atoms with Crippen LogP contribution in [-0.2, 0) is 16.0 Å². The largest absolute Gasteiger partial charge is 0.508 e. The second-order valence-corrected chi connectivity index (χ2v) is 5.25. The maximum atomic E-state index is 12.5. The highest BCUT2D eigenvalue weighted by molar-refractivity contribution is 6.31. The molecule has 0 saturated carbocycles. The second kappa shape index (κ2) is 5.96. The topological polar surface area (TPSA) is 69.6 Å². The number of benzene rings is 2. The molecule has 23 heavy (non-hydrogen) atoms. The Morgan fingerprint density at radius 3 is 2.30 bits per heavy atom. The van der Waals surface area contributed by atoms with Gasteiger partial charge in [-0.2, -0.15) is 0 Å². The molecule has 1 aliphatic heterocycles. The third kappa shape index (κ3) is 2.94. The number of phenols is 1. The highest BCUT2D eigenvalue weighted by atomic mass is 16.3. The molecule has 0 atom stereocenters. The third-order valence-corrected chi connectivity index (χ3v) is 3.70. The Labute approximate surface area is 133 Å². The summed E-state index contributed by atoms with van der Waals surface area (Å²) in [7, 11) is 0. The first kappa shape index (κ1) is 14.8. The molecule has 0 unspecified atom stereocenters. The number of aromatic hydroxyl groups is 1. The quantitative estimate of drug-likeness (QED) is 0.676. The van der Waals surface area contributed by atoms with Crippen LogP contribution < -0.4 is 10.4 Å². The molecule has 5 heteroatoms. The van der Waals surface area contributed by atoms with Crippen molar-refractivity contribution < 1.29 is 14.7 Å². The van der Waals surface area contributed by atoms with Crippen molar-refractivity contribution in [3.05, 3.63) is 65.2 Å². The number of phenolic OH excluding ortho intramolecular Hbond substituents is 1. The number of aryl methyl sites for hydroxylation is 1. The van der Waals surface area contributed by atoms with Gasteiger partial charge in [0.25, 0.3) is 11.8 Å². The van der Waals surface area contributed by atoms with Crippen molar-refractivity contribution in [2.45, 2.75) is 13.3 Å². The molecule has 2 amide bonds. The van der Waals surface area contributed by atoms with Crippen molar-refractivity contribution in [3.8, 4) is 5.75 Å². The summed E-state index contributed by atoms with van der Waals surface area (Å²) >= 11 is 0. The van der Waals surface area contributed by atoms with E-state index in [4.69, 9.17) is 0 Å². The van der Waals surface area contributed by atoms with Crippen LogP contribution in [0.25, 0.3) is 6.08 Å². The summed E-state index contributed by atoms with van der Waals surface area (Å²) in [5, 5.41) is 10.5. The van der Waals surface area contributed by atoms with Gasteiger partial charge < -0.3 is 5.11 Å². The van der Waals surface area contributed by atoms with Crippen LogP contribution in [0, 0.1) is 0 Å². The molecular weight excluding hydrogens is 292 g/mol. The van der Waals surface area contributed by atoms with Crippen molar-refractivity contribution in [1.82, 2.24) is 5.43 Å². The summed E-state index contributed by atoms with van der Waals surface area (Å²) in [5.74, 6) is -0.707. The molecule has 0 spiro atoms. The van der Waals surface area contributed by atoms with Crippen LogP contribution in [0.2, 0.25) is 0 Å². The van der Waals surface area contributed by atoms with E-state index in [2.05, 4.69) is 12.3 Å². The Kier molecular flexibility index (Phi) is 3.85. The van der Waals surface area contributed by atoms with Crippen LogP contribution in [0.4, 0.5) is 5.69 Å². The number of hydrogen-bond acceptors (Lipinski definition) is 3. The fourth-order valence-electron chi connectivity index (χ4n) is 2.36. The van der Waals surface area contributed by atoms with E-state index in [0.29, 0.717) is 11.3 Å². The number of nitrogens with zero attached hydrogens (tertiary/aromatic N) is 1. The lowest BCUT2D eigenvalue weighted by Crippen LogP contribution is -2.35. The Bertz CT molecular complexity index is 777. The fourth-order valence-corrected chi connectivity index (χ4v) is 2.36. The highest BCUT2D eigenvalue weighted by Gasteiger charge is 2.34. The molecule has 1 saturated heterocycles. The predicted octanol–water partition coefficient (Wildman–Crippen LogP) is 2.42. The number of rotatable bonds is 3. The van der Waals surface area contributed by atoms with Crippen LogP contribution in [0.15, 0.2) is 54.1 Å². The summed E-state index contributed by atoms with van der Waals surface area (Å²) in [5.41, 5.74) is 5.08. The van der Waals surface area contributed by atoms with Gasteiger partial charge in [-0.15, -0.1) is 0 Å². The fraction of sp³-hybridized carbons (Fsp3) is 0.111. The van der Waals surface area contributed by atoms with Crippen LogP contribution in [0.3, 0.4) is 0 Å². The van der Waals surface area contributed by atoms with Gasteiger partial charge in [-0.25, -0.2) is 5.01 Å². The molecule has 3 rings (SSSR count). The molecule has 0 aliphatic carbocycles. The lowest BCUT2D eigenvalue weighted by atomic mass is 10.1. The van der Waals surface area contributed by atoms with Crippen LogP contribution >= 0.6 is 0 Å². The second-order valence-electron chi connectivity index (χ2n) is 5.25. The summed E-state index contributed by atoms with van der Waals surface area (Å²) in [4.78, 5) is 24.5. The molecule has 2 aromatic carbocycles. The van der Waals surface area contributed by atoms with Crippen molar-refractivity contribution >= 4 is 23.6 Å². The first-order valence-corrected chi connectivity index (χ1v) is 7.33. The number of nitrogens with one attached hydrogen (secondary N) is 1. The number of carbonyl (C=O) groups is 2. The maximum absolute atomic E-state index is 12.5. The minimum Gasteiger partial charge on any atom is -0.508 e. The van der Waals surface area contributed by atoms with Gasteiger partial charge in [0.1, 0.15) is 11.3 Å². The minimum atomic E-state index is -0.442. The average molecular weight is 308 g/mol. The number of carbonyl (C=O) groups excluding carboxylic acids is 2. The van der Waals surface area contributed by atoms with E-state index in [1.54, 1.807) is 24.3 Å². The summed E-state index contributed by atoms with van der Waals surface area (Å²) in [6, 6.07) is 13.8. The molecule has 1 fully saturated rings. The minimum absolute atomic E-state index is 0.0651. The normalized spacial score (nSPS) is 16.0. The zero-order valence-corrected chi connectivity index (χ0v) is 12.6. The molecule has 2 N–H and O–H groups in total. The Balaban J connectivity index is 1.88. The van der Waals surface area contributed by atoms with Crippen molar-refractivity contribution in [1.29, 1.82) is 0 Å². The molecule has 5 nitrogen and oxygen atoms in total. The van der Waals surface area contributed by atoms with Gasteiger partial charge >= 0.3 is 0 Å². The average Bonchev–Trinajstić information content (AvgIpc) is 2.85. The molecule has 1 aliphatic rings. The Morgan fingerprint density at radius 2 is 1.70 bits per heavy atom. The third-order valence-electron chi connectivity index (χ3n) is 3.70. The highest BCUT2D eigenvalue weighted by Crippen LogP contribution is 2.22. The van der Waals surface area contributed by atoms with Gasteiger partial charge in [-0.1, -0.05) is 31.2 Å². The molecule has 0 radical (unpaired) electrons. The molecular formula is C18H16N2O3. The van der Waals surface area contributed by atoms with Gasteiger partial charge in [0.2, 0.25) is 0 Å². The van der Waals surface area contributed by atoms with E-state index in [1.165, 1.54) is 23.2 Å². The molecule has 2 aromatic rings. The van der Waals surface area contributed by atoms with Crippen LogP contribution in [0.1, 0.15) is 18.1 Å². The Morgan fingerprint density at radius 1 is 1.04 bits per heavy atom. The molecule has 0 bridgehead atoms. The van der Waals surface area contributed by atoms with Crippen LogP contribution in [-0.4, -0.2) is 16.9 Å². The van der Waals surface area contributed by atoms with E-state index >= 15 is 0 Å². The lowest BCUT2D eigenvalue weighted by Gasteiger charge is -2.14. The number of amides is 2. The van der Waals surface area contributed by atoms with E-state index < -0.39 is 11.8 Å². The van der Waals surface area contributed by atoms with Gasteiger partial charge in [-0.3, -0.25) is 15.0 Å². The van der Waals surface area contributed by atoms with E-state index in [9.17, 15) is 14.7 Å². The lowest BCUT2D eigenvalue weighted by molar-refractivity contribution is -0.117. The molecule has 116 valence electrons. The monoisotopic (exact) mass is 308 g/mol. The van der Waals surface area contributed by atoms with Gasteiger partial charge in [0, 0.05) is 0 Å². The smallest absolute Gasteiger partial charge is 0.282 e. The van der Waals surface area contributed by atoms with Gasteiger partial charge in [0.05, 0.1) is 5.69 Å². The van der Waals surface area contributed by atoms with E-state index in [-0.39, 0.29) is 11.3 Å². The Hall–Kier alpha value is -3.08. The van der Waals surface area contributed by atoms with E-state index in [1.807, 2.05) is 12.1 Å². The first-order valence-electron chi connectivity index (χ1n) is 7.33. The number of anilines is 1. The standard InChI is InChI=1S/C18H16N2O3/c1-2-12-3-7-14(8-4-12)20-18(23)16(17(22)19-20)11-13-5-9-15(21)10-6-13/h3-11,21H,2H2,1H3,(H,19,22)/b16-11-. The summed E-state index contributed by atoms with van der Waals surface area (Å²) < 4.78 is 0. The first-order chi connectivity index (χ1) is 11.1. The molecule has 0 aromatic heterocycles. The SMILES string of the molecule is CCc1ccc(N2NC(=O)/C(=C/c3ccc(O)cc3)C2=O)cc1. The predicted molar refractivity (Wildman–Crippen MR) is 87.5 cm³/mol. The van der Waals surface area contributed by atoms with Crippen molar-refractivity contribution in [2.24, 2.45) is 0 Å². The maximum Gasteiger partial charge on any atom is 0.282 e. The summed E-state index contributed by atoms with van der Waals surface area (Å²) in [6.45, 7) is 2.05. The van der Waals surface area contributed by atoms with Gasteiger partial charge in [0.15, 0.2) is 0 Å². The van der Waals surface area contributed by atoms with Crippen molar-refractivity contribution in [2.75, 3.05) is 5.01 Å².